The molecule has 0 aromatic heterocycles. The second-order valence-electron chi connectivity index (χ2n) is 6.23. The van der Waals surface area contributed by atoms with Crippen molar-refractivity contribution in [1.82, 2.24) is 0 Å². The van der Waals surface area contributed by atoms with E-state index in [0.717, 1.165) is 0 Å². The van der Waals surface area contributed by atoms with Gasteiger partial charge in [-0.2, -0.15) is 5.26 Å². The lowest BCUT2D eigenvalue weighted by Gasteiger charge is -2.50. The standard InChI is InChI=1S/C15H30NP/c1-11(2)15(9-10-16,12(3)4)17(13(5)6)14(7)8/h11-14H,9H2,1-8H3. The van der Waals surface area contributed by atoms with Crippen molar-refractivity contribution in [2.24, 2.45) is 11.8 Å². The Morgan fingerprint density at radius 2 is 1.24 bits per heavy atom. The zero-order chi connectivity index (χ0) is 13.8. The molecule has 0 aromatic carbocycles. The van der Waals surface area contributed by atoms with Gasteiger partial charge in [0.2, 0.25) is 0 Å². The van der Waals surface area contributed by atoms with Crippen molar-refractivity contribution in [3.05, 3.63) is 0 Å². The first-order valence-corrected chi connectivity index (χ1v) is 8.35. The number of hydrogen-bond donors (Lipinski definition) is 0. The van der Waals surface area contributed by atoms with E-state index in [1.54, 1.807) is 0 Å². The topological polar surface area (TPSA) is 23.8 Å². The molecule has 0 aromatic rings. The van der Waals surface area contributed by atoms with Gasteiger partial charge in [0.15, 0.2) is 0 Å². The van der Waals surface area contributed by atoms with Gasteiger partial charge in [-0.15, -0.1) is 0 Å². The SMILES string of the molecule is CC(C)P(C(C)C)C(CC#N)(C(C)C)C(C)C. The molecule has 0 rings (SSSR count). The van der Waals surface area contributed by atoms with Gasteiger partial charge in [-0.1, -0.05) is 63.3 Å². The molecule has 0 aliphatic carbocycles. The summed E-state index contributed by atoms with van der Waals surface area (Å²) < 4.78 is 0. The van der Waals surface area contributed by atoms with E-state index < -0.39 is 0 Å². The zero-order valence-electron chi connectivity index (χ0n) is 12.9. The fraction of sp³-hybridized carbons (Fsp3) is 0.933. The molecule has 100 valence electrons. The van der Waals surface area contributed by atoms with Crippen molar-refractivity contribution in [1.29, 1.82) is 5.26 Å². The third-order valence-electron chi connectivity index (χ3n) is 3.96. The molecule has 0 aliphatic rings. The summed E-state index contributed by atoms with van der Waals surface area (Å²) >= 11 is 0. The molecule has 0 saturated carbocycles. The third kappa shape index (κ3) is 3.45. The average molecular weight is 255 g/mol. The van der Waals surface area contributed by atoms with E-state index in [-0.39, 0.29) is 13.1 Å². The van der Waals surface area contributed by atoms with Gasteiger partial charge in [0, 0.05) is 11.6 Å². The van der Waals surface area contributed by atoms with Gasteiger partial charge in [0.1, 0.15) is 0 Å². The monoisotopic (exact) mass is 255 g/mol. The van der Waals surface area contributed by atoms with Crippen LogP contribution in [0.5, 0.6) is 0 Å². The molecule has 2 heteroatoms. The van der Waals surface area contributed by atoms with Gasteiger partial charge in [-0.25, -0.2) is 0 Å². The highest BCUT2D eigenvalue weighted by atomic mass is 31.1. The van der Waals surface area contributed by atoms with Crippen LogP contribution in [0, 0.1) is 23.2 Å². The lowest BCUT2D eigenvalue weighted by atomic mass is 9.82. The second kappa shape index (κ2) is 6.75. The summed E-state index contributed by atoms with van der Waals surface area (Å²) in [5.41, 5.74) is 1.39. The first kappa shape index (κ1) is 16.9. The molecular weight excluding hydrogens is 225 g/mol. The summed E-state index contributed by atoms with van der Waals surface area (Å²) in [6.07, 6.45) is 0.713. The summed E-state index contributed by atoms with van der Waals surface area (Å²) in [6, 6.07) is 2.48. The molecule has 0 spiro atoms. The molecule has 0 aliphatic heterocycles. The van der Waals surface area contributed by atoms with Gasteiger partial charge >= 0.3 is 0 Å². The van der Waals surface area contributed by atoms with Crippen LogP contribution in [0.1, 0.15) is 61.8 Å². The van der Waals surface area contributed by atoms with Crippen molar-refractivity contribution in [3.8, 4) is 6.07 Å². The molecule has 1 nitrogen and oxygen atoms in total. The van der Waals surface area contributed by atoms with E-state index in [9.17, 15) is 5.26 Å². The highest BCUT2D eigenvalue weighted by Gasteiger charge is 2.46. The molecule has 0 fully saturated rings. The molecule has 0 bridgehead atoms. The maximum atomic E-state index is 9.27. The number of nitrogens with zero attached hydrogens (tertiary/aromatic N) is 1. The van der Waals surface area contributed by atoms with E-state index in [4.69, 9.17) is 0 Å². The molecule has 0 heterocycles. The van der Waals surface area contributed by atoms with Crippen LogP contribution in [0.3, 0.4) is 0 Å². The zero-order valence-corrected chi connectivity index (χ0v) is 13.8. The van der Waals surface area contributed by atoms with Crippen molar-refractivity contribution >= 4 is 7.92 Å². The van der Waals surface area contributed by atoms with Gasteiger partial charge in [0.25, 0.3) is 0 Å². The molecule has 0 N–H and O–H groups in total. The van der Waals surface area contributed by atoms with Crippen LogP contribution < -0.4 is 0 Å². The highest BCUT2D eigenvalue weighted by molar-refractivity contribution is 7.60. The lowest BCUT2D eigenvalue weighted by molar-refractivity contribution is 0.327. The maximum Gasteiger partial charge on any atom is 0.0631 e. The first-order chi connectivity index (χ1) is 7.71. The normalized spacial score (nSPS) is 13.2. The largest absolute Gasteiger partial charge is 0.198 e. The van der Waals surface area contributed by atoms with Crippen molar-refractivity contribution in [3.63, 3.8) is 0 Å². The summed E-state index contributed by atoms with van der Waals surface area (Å²) in [4.78, 5) is 0. The minimum Gasteiger partial charge on any atom is -0.198 e. The minimum atomic E-state index is -0.134. The number of rotatable bonds is 6. The smallest absolute Gasteiger partial charge is 0.0631 e. The van der Waals surface area contributed by atoms with Gasteiger partial charge in [-0.3, -0.25) is 0 Å². The van der Waals surface area contributed by atoms with Gasteiger partial charge < -0.3 is 0 Å². The van der Waals surface area contributed by atoms with Crippen molar-refractivity contribution in [2.45, 2.75) is 78.3 Å². The van der Waals surface area contributed by atoms with Crippen LogP contribution in [-0.4, -0.2) is 16.5 Å². The Kier molecular flexibility index (Phi) is 6.71. The quantitative estimate of drug-likeness (QED) is 0.595. The van der Waals surface area contributed by atoms with E-state index in [0.29, 0.717) is 29.6 Å². The van der Waals surface area contributed by atoms with Crippen LogP contribution >= 0.6 is 7.92 Å². The van der Waals surface area contributed by atoms with Crippen LogP contribution in [0.25, 0.3) is 0 Å². The summed E-state index contributed by atoms with van der Waals surface area (Å²) in [7, 11) is -0.134. The molecule has 0 unspecified atom stereocenters. The Balaban J connectivity index is 5.62. The van der Waals surface area contributed by atoms with Gasteiger partial charge in [-0.05, 0) is 23.2 Å². The molecule has 17 heavy (non-hydrogen) atoms. The minimum absolute atomic E-state index is 0.134. The Labute approximate surface area is 110 Å². The van der Waals surface area contributed by atoms with E-state index in [1.807, 2.05) is 0 Å². The van der Waals surface area contributed by atoms with Crippen LogP contribution in [0.4, 0.5) is 0 Å². The molecule has 0 saturated heterocycles. The summed E-state index contributed by atoms with van der Waals surface area (Å²) in [5.74, 6) is 1.16. The van der Waals surface area contributed by atoms with E-state index in [1.165, 1.54) is 0 Å². The Morgan fingerprint density at radius 3 is 1.41 bits per heavy atom. The fourth-order valence-electron chi connectivity index (χ4n) is 3.45. The Bertz CT molecular complexity index is 245. The molecular formula is C15H30NP. The lowest BCUT2D eigenvalue weighted by Crippen LogP contribution is -2.42. The summed E-state index contributed by atoms with van der Waals surface area (Å²) in [5, 5.41) is 9.49. The number of nitriles is 1. The van der Waals surface area contributed by atoms with E-state index >= 15 is 0 Å². The van der Waals surface area contributed by atoms with Crippen LogP contribution in [0.2, 0.25) is 0 Å². The van der Waals surface area contributed by atoms with Gasteiger partial charge in [0.05, 0.1) is 6.07 Å². The Hall–Kier alpha value is -0.0800. The Morgan fingerprint density at radius 1 is 0.882 bits per heavy atom. The summed E-state index contributed by atoms with van der Waals surface area (Å²) in [6.45, 7) is 18.6. The molecule has 0 radical (unpaired) electrons. The first-order valence-electron chi connectivity index (χ1n) is 6.87. The predicted octanol–water partition coefficient (Wildman–Crippen LogP) is 5.25. The van der Waals surface area contributed by atoms with E-state index in [2.05, 4.69) is 61.5 Å². The average Bonchev–Trinajstić information content (AvgIpc) is 2.14. The van der Waals surface area contributed by atoms with Crippen LogP contribution in [-0.2, 0) is 0 Å². The molecule has 0 atom stereocenters. The fourth-order valence-corrected chi connectivity index (χ4v) is 8.01. The van der Waals surface area contributed by atoms with Crippen molar-refractivity contribution < 1.29 is 0 Å². The second-order valence-corrected chi connectivity index (χ2v) is 9.94. The third-order valence-corrected chi connectivity index (χ3v) is 8.33. The van der Waals surface area contributed by atoms with Crippen molar-refractivity contribution in [2.75, 3.05) is 0 Å². The predicted molar refractivity (Wildman–Crippen MR) is 79.8 cm³/mol. The maximum absolute atomic E-state index is 9.27. The molecule has 0 amide bonds. The number of hydrogen-bond acceptors (Lipinski definition) is 1. The highest BCUT2D eigenvalue weighted by Crippen LogP contribution is 2.64. The van der Waals surface area contributed by atoms with Crippen LogP contribution in [0.15, 0.2) is 0 Å².